The number of benzene rings is 1. The van der Waals surface area contributed by atoms with Crippen molar-refractivity contribution in [2.45, 2.75) is 56.8 Å². The van der Waals surface area contributed by atoms with Crippen LogP contribution in [0.25, 0.3) is 0 Å². The van der Waals surface area contributed by atoms with Gasteiger partial charge in [0.05, 0.1) is 18.8 Å². The van der Waals surface area contributed by atoms with Gasteiger partial charge in [-0.25, -0.2) is 8.78 Å². The Bertz CT molecular complexity index is 610. The Morgan fingerprint density at radius 2 is 2.12 bits per heavy atom. The molecule has 2 fully saturated rings. The van der Waals surface area contributed by atoms with Crippen LogP contribution in [0.4, 0.5) is 8.78 Å². The molecule has 25 heavy (non-hydrogen) atoms. The summed E-state index contributed by atoms with van der Waals surface area (Å²) in [6, 6.07) is 4.08. The van der Waals surface area contributed by atoms with E-state index in [1.54, 1.807) is 13.2 Å². The zero-order valence-corrected chi connectivity index (χ0v) is 14.5. The van der Waals surface area contributed by atoms with Crippen molar-refractivity contribution in [2.75, 3.05) is 13.7 Å². The predicted octanol–water partition coefficient (Wildman–Crippen LogP) is 3.51. The molecule has 0 bridgehead atoms. The van der Waals surface area contributed by atoms with E-state index in [-0.39, 0.29) is 29.5 Å². The molecule has 6 heteroatoms. The highest BCUT2D eigenvalue weighted by Gasteiger charge is 2.41. The maximum Gasteiger partial charge on any atom is 0.222 e. The molecule has 2 aliphatic rings. The summed E-state index contributed by atoms with van der Waals surface area (Å²) in [6.07, 6.45) is 4.23. The molecule has 0 spiro atoms. The van der Waals surface area contributed by atoms with Crippen molar-refractivity contribution in [1.82, 2.24) is 5.32 Å². The van der Waals surface area contributed by atoms with E-state index in [0.717, 1.165) is 31.7 Å². The summed E-state index contributed by atoms with van der Waals surface area (Å²) in [4.78, 5) is 12.1. The second-order valence-electron chi connectivity index (χ2n) is 6.91. The molecule has 4 nitrogen and oxygen atoms in total. The molecule has 1 aromatic carbocycles. The molecular formula is C19H25F2NO3. The van der Waals surface area contributed by atoms with Crippen molar-refractivity contribution in [1.29, 1.82) is 0 Å². The van der Waals surface area contributed by atoms with Crippen LogP contribution >= 0.6 is 0 Å². The summed E-state index contributed by atoms with van der Waals surface area (Å²) in [6.45, 7) is 0.366. The van der Waals surface area contributed by atoms with E-state index in [2.05, 4.69) is 5.32 Å². The summed E-state index contributed by atoms with van der Waals surface area (Å²) in [7, 11) is 1.56. The Kier molecular flexibility index (Phi) is 6.02. The molecule has 0 unspecified atom stereocenters. The fraction of sp³-hybridized carbons (Fsp3) is 0.632. The number of hydrogen-bond acceptors (Lipinski definition) is 3. The molecule has 138 valence electrons. The van der Waals surface area contributed by atoms with Gasteiger partial charge in [0, 0.05) is 31.1 Å². The first-order valence-corrected chi connectivity index (χ1v) is 8.97. The lowest BCUT2D eigenvalue weighted by Gasteiger charge is -2.45. The third kappa shape index (κ3) is 4.18. The number of carbonyl (C=O) groups excluding carboxylic acids is 1. The van der Waals surface area contributed by atoms with Gasteiger partial charge < -0.3 is 14.8 Å². The molecule has 0 radical (unpaired) electrons. The van der Waals surface area contributed by atoms with Gasteiger partial charge in [0.1, 0.15) is 0 Å². The van der Waals surface area contributed by atoms with Crippen molar-refractivity contribution in [3.8, 4) is 0 Å². The molecule has 1 saturated carbocycles. The van der Waals surface area contributed by atoms with Gasteiger partial charge in [0.2, 0.25) is 5.91 Å². The first-order chi connectivity index (χ1) is 12.1. The lowest BCUT2D eigenvalue weighted by Crippen LogP contribution is -2.51. The number of fused-ring (bicyclic) bond motifs is 1. The molecule has 4 atom stereocenters. The van der Waals surface area contributed by atoms with E-state index < -0.39 is 17.7 Å². The zero-order chi connectivity index (χ0) is 17.8. The molecular weight excluding hydrogens is 328 g/mol. The van der Waals surface area contributed by atoms with Gasteiger partial charge in [-0.1, -0.05) is 25.0 Å². The Balaban J connectivity index is 1.78. The number of methoxy groups -OCH3 is 1. The molecule has 1 amide bonds. The molecule has 1 aromatic rings. The van der Waals surface area contributed by atoms with E-state index in [4.69, 9.17) is 9.47 Å². The Morgan fingerprint density at radius 3 is 2.92 bits per heavy atom. The average Bonchev–Trinajstić information content (AvgIpc) is 2.62. The summed E-state index contributed by atoms with van der Waals surface area (Å²) < 4.78 is 38.9. The Labute approximate surface area is 146 Å². The number of ether oxygens (including phenoxy) is 2. The van der Waals surface area contributed by atoms with Gasteiger partial charge in [0.15, 0.2) is 11.6 Å². The summed E-state index contributed by atoms with van der Waals surface area (Å²) >= 11 is 0. The standard InChI is InChI=1S/C19H25F2NO3/c1-24-10-9-18(23)22-15-11-17(13-6-4-7-14(20)19(13)21)25-16-8-3-2-5-12(15)16/h4,6-7,12,15-17H,2-3,5,8-11H2,1H3,(H,22,23)/t12-,15+,16+,17+/m0/s1. The van der Waals surface area contributed by atoms with Gasteiger partial charge >= 0.3 is 0 Å². The summed E-state index contributed by atoms with van der Waals surface area (Å²) in [5.41, 5.74) is 0.236. The fourth-order valence-electron chi connectivity index (χ4n) is 4.04. The van der Waals surface area contributed by atoms with E-state index >= 15 is 0 Å². The van der Waals surface area contributed by atoms with Crippen molar-refractivity contribution in [2.24, 2.45) is 5.92 Å². The van der Waals surface area contributed by atoms with Crippen LogP contribution in [0.5, 0.6) is 0 Å². The quantitative estimate of drug-likeness (QED) is 0.881. The zero-order valence-electron chi connectivity index (χ0n) is 14.5. The van der Waals surface area contributed by atoms with Crippen LogP contribution in [0.1, 0.15) is 50.2 Å². The van der Waals surface area contributed by atoms with Gasteiger partial charge in [-0.15, -0.1) is 0 Å². The Hall–Kier alpha value is -1.53. The highest BCUT2D eigenvalue weighted by Crippen LogP contribution is 2.42. The topological polar surface area (TPSA) is 47.6 Å². The summed E-state index contributed by atoms with van der Waals surface area (Å²) in [5, 5.41) is 3.07. The second kappa shape index (κ2) is 8.23. The third-order valence-corrected chi connectivity index (χ3v) is 5.29. The average molecular weight is 353 g/mol. The van der Waals surface area contributed by atoms with Crippen LogP contribution in [0.15, 0.2) is 18.2 Å². The molecule has 1 N–H and O–H groups in total. The van der Waals surface area contributed by atoms with E-state index in [9.17, 15) is 13.6 Å². The molecule has 1 saturated heterocycles. The van der Waals surface area contributed by atoms with Gasteiger partial charge in [-0.05, 0) is 25.3 Å². The van der Waals surface area contributed by atoms with Crippen LogP contribution in [-0.2, 0) is 14.3 Å². The normalized spacial score (nSPS) is 29.1. The van der Waals surface area contributed by atoms with Gasteiger partial charge in [-0.2, -0.15) is 0 Å². The maximum atomic E-state index is 14.2. The number of halogens is 2. The van der Waals surface area contributed by atoms with Crippen molar-refractivity contribution < 1.29 is 23.0 Å². The largest absolute Gasteiger partial charge is 0.384 e. The van der Waals surface area contributed by atoms with Crippen LogP contribution < -0.4 is 5.32 Å². The minimum atomic E-state index is -0.868. The van der Waals surface area contributed by atoms with Gasteiger partial charge in [-0.3, -0.25) is 4.79 Å². The highest BCUT2D eigenvalue weighted by molar-refractivity contribution is 5.76. The molecule has 0 aromatic heterocycles. The number of carbonyl (C=O) groups is 1. The van der Waals surface area contributed by atoms with E-state index in [1.165, 1.54) is 6.07 Å². The van der Waals surface area contributed by atoms with E-state index in [1.807, 2.05) is 0 Å². The maximum absolute atomic E-state index is 14.2. The van der Waals surface area contributed by atoms with Crippen molar-refractivity contribution >= 4 is 5.91 Å². The number of rotatable bonds is 5. The molecule has 3 rings (SSSR count). The lowest BCUT2D eigenvalue weighted by atomic mass is 9.76. The minimum absolute atomic E-state index is 0.0251. The van der Waals surface area contributed by atoms with Crippen LogP contribution in [0.3, 0.4) is 0 Å². The van der Waals surface area contributed by atoms with Crippen molar-refractivity contribution in [3.63, 3.8) is 0 Å². The summed E-state index contributed by atoms with van der Waals surface area (Å²) in [5.74, 6) is -1.57. The molecule has 1 heterocycles. The predicted molar refractivity (Wildman–Crippen MR) is 89.0 cm³/mol. The first kappa shape index (κ1) is 18.3. The Morgan fingerprint density at radius 1 is 1.32 bits per heavy atom. The van der Waals surface area contributed by atoms with Crippen molar-refractivity contribution in [3.05, 3.63) is 35.4 Å². The smallest absolute Gasteiger partial charge is 0.222 e. The fourth-order valence-corrected chi connectivity index (χ4v) is 4.04. The third-order valence-electron chi connectivity index (χ3n) is 5.29. The van der Waals surface area contributed by atoms with Gasteiger partial charge in [0.25, 0.3) is 0 Å². The van der Waals surface area contributed by atoms with Crippen LogP contribution in [0, 0.1) is 17.6 Å². The lowest BCUT2D eigenvalue weighted by molar-refractivity contribution is -0.133. The minimum Gasteiger partial charge on any atom is -0.384 e. The monoisotopic (exact) mass is 353 g/mol. The van der Waals surface area contributed by atoms with Crippen LogP contribution in [-0.4, -0.2) is 31.8 Å². The second-order valence-corrected chi connectivity index (χ2v) is 6.91. The number of amides is 1. The highest BCUT2D eigenvalue weighted by atomic mass is 19.2. The number of nitrogens with one attached hydrogen (secondary N) is 1. The van der Waals surface area contributed by atoms with E-state index in [0.29, 0.717) is 19.4 Å². The SMILES string of the molecule is COCCC(=O)N[C@@H]1C[C@H](c2cccc(F)c2F)O[C@@H]2CCCC[C@@H]12. The first-order valence-electron chi connectivity index (χ1n) is 8.97. The molecule has 1 aliphatic heterocycles. The number of hydrogen-bond donors (Lipinski definition) is 1. The van der Waals surface area contributed by atoms with Crippen LogP contribution in [0.2, 0.25) is 0 Å². The molecule has 1 aliphatic carbocycles.